The summed E-state index contributed by atoms with van der Waals surface area (Å²) in [4.78, 5) is 27.5. The first-order valence-corrected chi connectivity index (χ1v) is 8.62. The molecule has 1 aromatic carbocycles. The van der Waals surface area contributed by atoms with Gasteiger partial charge in [-0.25, -0.2) is 4.68 Å². The fraction of sp³-hybridized carbons (Fsp3) is 0.316. The zero-order valence-electron chi connectivity index (χ0n) is 13.8. The molecular formula is C19H20N4O2. The van der Waals surface area contributed by atoms with E-state index in [0.29, 0.717) is 5.56 Å². The van der Waals surface area contributed by atoms with E-state index >= 15 is 0 Å². The number of carbonyl (C=O) groups excluding carboxylic acids is 1. The van der Waals surface area contributed by atoms with Gasteiger partial charge in [0.1, 0.15) is 0 Å². The lowest BCUT2D eigenvalue weighted by molar-refractivity contribution is 0.0921. The zero-order valence-corrected chi connectivity index (χ0v) is 13.8. The van der Waals surface area contributed by atoms with Crippen molar-refractivity contribution in [2.45, 2.75) is 37.8 Å². The Morgan fingerprint density at radius 2 is 2.00 bits per heavy atom. The summed E-state index contributed by atoms with van der Waals surface area (Å²) >= 11 is 0. The standard InChI is InChI=1S/C19H20N4O2/c24-18-2-1-10-21-23(18)16-7-5-15(6-8-16)22-19(25)14-4-3-13-9-11-20-17(13)12-14/h1-4,9-12,15-16,20H,5-8H2,(H,22,25). The molecule has 0 bridgehead atoms. The van der Waals surface area contributed by atoms with E-state index in [9.17, 15) is 9.59 Å². The van der Waals surface area contributed by atoms with Crippen molar-refractivity contribution in [3.8, 4) is 0 Å². The SMILES string of the molecule is O=C(NC1CCC(n2ncccc2=O)CC1)c1ccc2cc[nH]c2c1. The van der Waals surface area contributed by atoms with E-state index in [4.69, 9.17) is 0 Å². The first kappa shape index (κ1) is 15.6. The third-order valence-electron chi connectivity index (χ3n) is 4.94. The highest BCUT2D eigenvalue weighted by Gasteiger charge is 2.24. The fourth-order valence-corrected chi connectivity index (χ4v) is 3.57. The third kappa shape index (κ3) is 3.20. The number of carbonyl (C=O) groups is 1. The lowest BCUT2D eigenvalue weighted by Gasteiger charge is -2.29. The number of rotatable bonds is 3. The number of nitrogens with zero attached hydrogens (tertiary/aromatic N) is 2. The number of hydrogen-bond acceptors (Lipinski definition) is 3. The molecule has 2 aromatic heterocycles. The predicted octanol–water partition coefficient (Wildman–Crippen LogP) is 2.64. The largest absolute Gasteiger partial charge is 0.361 e. The molecule has 128 valence electrons. The Labute approximate surface area is 144 Å². The summed E-state index contributed by atoms with van der Waals surface area (Å²) in [6.45, 7) is 0. The van der Waals surface area contributed by atoms with Crippen LogP contribution in [0, 0.1) is 0 Å². The maximum absolute atomic E-state index is 12.5. The molecular weight excluding hydrogens is 316 g/mol. The Kier molecular flexibility index (Phi) is 4.09. The van der Waals surface area contributed by atoms with Gasteiger partial charge in [0.15, 0.2) is 0 Å². The molecule has 25 heavy (non-hydrogen) atoms. The fourth-order valence-electron chi connectivity index (χ4n) is 3.57. The Balaban J connectivity index is 1.39. The monoisotopic (exact) mass is 336 g/mol. The number of hydrogen-bond donors (Lipinski definition) is 2. The van der Waals surface area contributed by atoms with Crippen LogP contribution in [0.25, 0.3) is 10.9 Å². The highest BCUT2D eigenvalue weighted by Crippen LogP contribution is 2.27. The van der Waals surface area contributed by atoms with E-state index in [2.05, 4.69) is 15.4 Å². The van der Waals surface area contributed by atoms with E-state index in [1.807, 2.05) is 30.5 Å². The average Bonchev–Trinajstić information content (AvgIpc) is 3.10. The lowest BCUT2D eigenvalue weighted by Crippen LogP contribution is -2.39. The van der Waals surface area contributed by atoms with Gasteiger partial charge < -0.3 is 10.3 Å². The number of H-pyrrole nitrogens is 1. The molecule has 0 unspecified atom stereocenters. The molecule has 0 atom stereocenters. The van der Waals surface area contributed by atoms with Gasteiger partial charge >= 0.3 is 0 Å². The number of aromatic amines is 1. The van der Waals surface area contributed by atoms with E-state index in [-0.39, 0.29) is 23.6 Å². The topological polar surface area (TPSA) is 79.8 Å². The van der Waals surface area contributed by atoms with Gasteiger partial charge in [-0.3, -0.25) is 9.59 Å². The molecule has 0 saturated heterocycles. The van der Waals surface area contributed by atoms with Crippen LogP contribution in [-0.2, 0) is 0 Å². The van der Waals surface area contributed by atoms with Gasteiger partial charge in [-0.1, -0.05) is 6.07 Å². The first-order valence-electron chi connectivity index (χ1n) is 8.62. The van der Waals surface area contributed by atoms with Gasteiger partial charge in [-0.05, 0) is 55.3 Å². The zero-order chi connectivity index (χ0) is 17.2. The van der Waals surface area contributed by atoms with Gasteiger partial charge in [0.2, 0.25) is 0 Å². The van der Waals surface area contributed by atoms with E-state index < -0.39 is 0 Å². The predicted molar refractivity (Wildman–Crippen MR) is 95.6 cm³/mol. The van der Waals surface area contributed by atoms with E-state index in [1.54, 1.807) is 16.9 Å². The number of nitrogens with one attached hydrogen (secondary N) is 2. The minimum atomic E-state index is -0.0609. The second-order valence-corrected chi connectivity index (χ2v) is 6.57. The summed E-state index contributed by atoms with van der Waals surface area (Å²) in [5, 5.41) is 8.39. The van der Waals surface area contributed by atoms with Gasteiger partial charge in [0, 0.05) is 35.6 Å². The highest BCUT2D eigenvalue weighted by molar-refractivity contribution is 5.98. The molecule has 6 nitrogen and oxygen atoms in total. The van der Waals surface area contributed by atoms with Crippen molar-refractivity contribution >= 4 is 16.8 Å². The molecule has 1 fully saturated rings. The van der Waals surface area contributed by atoms with Crippen LogP contribution >= 0.6 is 0 Å². The lowest BCUT2D eigenvalue weighted by atomic mass is 9.91. The molecule has 1 saturated carbocycles. The van der Waals surface area contributed by atoms with Crippen molar-refractivity contribution in [3.05, 3.63) is 64.7 Å². The van der Waals surface area contributed by atoms with Gasteiger partial charge in [0.25, 0.3) is 11.5 Å². The molecule has 2 heterocycles. The summed E-state index contributed by atoms with van der Waals surface area (Å²) in [6, 6.07) is 11.1. The minimum absolute atomic E-state index is 0.0463. The molecule has 4 rings (SSSR count). The van der Waals surface area contributed by atoms with Crippen molar-refractivity contribution in [1.29, 1.82) is 0 Å². The normalized spacial score (nSPS) is 20.5. The number of fused-ring (bicyclic) bond motifs is 1. The van der Waals surface area contributed by atoms with Crippen LogP contribution in [-0.4, -0.2) is 26.7 Å². The highest BCUT2D eigenvalue weighted by atomic mass is 16.1. The smallest absolute Gasteiger partial charge is 0.266 e. The van der Waals surface area contributed by atoms with Crippen molar-refractivity contribution in [1.82, 2.24) is 20.1 Å². The molecule has 3 aromatic rings. The Hall–Kier alpha value is -2.89. The summed E-state index contributed by atoms with van der Waals surface area (Å²) in [5.41, 5.74) is 1.57. The van der Waals surface area contributed by atoms with Crippen molar-refractivity contribution in [2.75, 3.05) is 0 Å². The molecule has 1 amide bonds. The van der Waals surface area contributed by atoms with Crippen molar-refractivity contribution < 1.29 is 4.79 Å². The molecule has 2 N–H and O–H groups in total. The molecule has 6 heteroatoms. The Morgan fingerprint density at radius 1 is 1.16 bits per heavy atom. The molecule has 0 spiro atoms. The summed E-state index contributed by atoms with van der Waals surface area (Å²) in [6.07, 6.45) is 6.91. The van der Waals surface area contributed by atoms with Crippen LogP contribution in [0.5, 0.6) is 0 Å². The first-order chi connectivity index (χ1) is 12.2. The second kappa shape index (κ2) is 6.55. The number of aromatic nitrogens is 3. The molecule has 1 aliphatic rings. The van der Waals surface area contributed by atoms with Crippen LogP contribution in [0.15, 0.2) is 53.6 Å². The molecule has 1 aliphatic carbocycles. The van der Waals surface area contributed by atoms with Crippen molar-refractivity contribution in [3.63, 3.8) is 0 Å². The van der Waals surface area contributed by atoms with Gasteiger partial charge in [0.05, 0.1) is 6.04 Å². The number of amides is 1. The quantitative estimate of drug-likeness (QED) is 0.771. The molecule has 0 radical (unpaired) electrons. The Bertz CT molecular complexity index is 951. The summed E-state index contributed by atoms with van der Waals surface area (Å²) in [5.74, 6) is -0.0463. The number of benzene rings is 1. The van der Waals surface area contributed by atoms with Gasteiger partial charge in [-0.2, -0.15) is 5.10 Å². The Morgan fingerprint density at radius 3 is 2.80 bits per heavy atom. The summed E-state index contributed by atoms with van der Waals surface area (Å²) in [7, 11) is 0. The summed E-state index contributed by atoms with van der Waals surface area (Å²) < 4.78 is 1.57. The van der Waals surface area contributed by atoms with E-state index in [1.165, 1.54) is 6.07 Å². The maximum Gasteiger partial charge on any atom is 0.266 e. The van der Waals surface area contributed by atoms with Crippen LogP contribution in [0.2, 0.25) is 0 Å². The van der Waals surface area contributed by atoms with E-state index in [0.717, 1.165) is 36.6 Å². The maximum atomic E-state index is 12.5. The minimum Gasteiger partial charge on any atom is -0.361 e. The molecule has 0 aliphatic heterocycles. The van der Waals surface area contributed by atoms with Crippen molar-refractivity contribution in [2.24, 2.45) is 0 Å². The van der Waals surface area contributed by atoms with Gasteiger partial charge in [-0.15, -0.1) is 0 Å². The van der Waals surface area contributed by atoms with Crippen LogP contribution < -0.4 is 10.9 Å². The van der Waals surface area contributed by atoms with Crippen LogP contribution in [0.1, 0.15) is 42.1 Å². The van der Waals surface area contributed by atoms with Crippen LogP contribution in [0.4, 0.5) is 0 Å². The van der Waals surface area contributed by atoms with Crippen LogP contribution in [0.3, 0.4) is 0 Å². The third-order valence-corrected chi connectivity index (χ3v) is 4.94. The second-order valence-electron chi connectivity index (χ2n) is 6.57. The average molecular weight is 336 g/mol.